The maximum Gasteiger partial charge on any atom is 0.152 e. The first-order chi connectivity index (χ1) is 4.77. The van der Waals surface area contributed by atoms with Crippen molar-refractivity contribution in [2.75, 3.05) is 6.26 Å². The molecule has 10 heavy (non-hydrogen) atoms. The number of aromatic nitrogens is 1. The van der Waals surface area contributed by atoms with Crippen LogP contribution in [0.1, 0.15) is 4.88 Å². The van der Waals surface area contributed by atoms with Gasteiger partial charge < -0.3 is 0 Å². The lowest BCUT2D eigenvalue weighted by Gasteiger charge is -1.78. The summed E-state index contributed by atoms with van der Waals surface area (Å²) in [5, 5.41) is 8.51. The Kier molecular flexibility index (Phi) is 2.72. The molecule has 0 saturated carbocycles. The van der Waals surface area contributed by atoms with Gasteiger partial charge in [0.25, 0.3) is 0 Å². The van der Waals surface area contributed by atoms with E-state index >= 15 is 0 Å². The molecule has 0 aliphatic heterocycles. The molecule has 1 rings (SSSR count). The van der Waals surface area contributed by atoms with Crippen molar-refractivity contribution in [2.45, 2.75) is 4.34 Å². The van der Waals surface area contributed by atoms with Crippen molar-refractivity contribution >= 4 is 39.0 Å². The van der Waals surface area contributed by atoms with Crippen LogP contribution in [0.3, 0.4) is 0 Å². The predicted molar refractivity (Wildman–Crippen MR) is 46.3 cm³/mol. The van der Waals surface area contributed by atoms with Crippen LogP contribution in [0, 0.1) is 11.3 Å². The number of rotatable bonds is 1. The zero-order chi connectivity index (χ0) is 7.56. The first-order valence-electron chi connectivity index (χ1n) is 2.38. The number of thioether (sulfide) groups is 1. The maximum atomic E-state index is 8.51. The van der Waals surface area contributed by atoms with Crippen molar-refractivity contribution in [3.05, 3.63) is 9.48 Å². The van der Waals surface area contributed by atoms with Gasteiger partial charge in [0.2, 0.25) is 0 Å². The molecule has 0 fully saturated rings. The minimum atomic E-state index is 0.643. The highest BCUT2D eigenvalue weighted by Gasteiger charge is 2.05. The van der Waals surface area contributed by atoms with Crippen LogP contribution in [0.4, 0.5) is 0 Å². The van der Waals surface area contributed by atoms with E-state index in [1.54, 1.807) is 11.8 Å². The fourth-order valence-corrected chi connectivity index (χ4v) is 2.44. The summed E-state index contributed by atoms with van der Waals surface area (Å²) in [4.78, 5) is 4.72. The average Bonchev–Trinajstić information content (AvgIpc) is 2.30. The molecule has 1 aromatic heterocycles. The minimum absolute atomic E-state index is 0.643. The van der Waals surface area contributed by atoms with Crippen molar-refractivity contribution in [1.29, 1.82) is 5.26 Å². The molecule has 52 valence electrons. The quantitative estimate of drug-likeness (QED) is 0.701. The van der Waals surface area contributed by atoms with Gasteiger partial charge in [-0.25, -0.2) is 4.98 Å². The summed E-state index contributed by atoms with van der Waals surface area (Å²) in [7, 11) is 0. The molecule has 0 aliphatic carbocycles. The van der Waals surface area contributed by atoms with E-state index < -0.39 is 0 Å². The number of halogens is 1. The molecule has 0 N–H and O–H groups in total. The Morgan fingerprint density at radius 1 is 1.80 bits per heavy atom. The van der Waals surface area contributed by atoms with Gasteiger partial charge in [-0.15, -0.1) is 0 Å². The van der Waals surface area contributed by atoms with Gasteiger partial charge in [0.1, 0.15) is 15.5 Å². The molecule has 1 aromatic rings. The molecule has 0 aromatic carbocycles. The van der Waals surface area contributed by atoms with E-state index in [0.717, 1.165) is 4.34 Å². The highest BCUT2D eigenvalue weighted by Crippen LogP contribution is 2.27. The highest BCUT2D eigenvalue weighted by atomic mass is 79.9. The molecule has 0 atom stereocenters. The van der Waals surface area contributed by atoms with Crippen LogP contribution >= 0.6 is 39.0 Å². The lowest BCUT2D eigenvalue weighted by Crippen LogP contribution is -1.65. The Bertz CT molecular complexity index is 276. The van der Waals surface area contributed by atoms with Crippen molar-refractivity contribution in [3.8, 4) is 6.07 Å². The molecule has 0 saturated heterocycles. The van der Waals surface area contributed by atoms with Crippen LogP contribution in [0.2, 0.25) is 0 Å². The van der Waals surface area contributed by atoms with E-state index in [0.29, 0.717) is 9.48 Å². The maximum absolute atomic E-state index is 8.51. The SMILES string of the molecule is CSc1nc(Br)c(C#N)s1. The van der Waals surface area contributed by atoms with E-state index in [2.05, 4.69) is 20.9 Å². The van der Waals surface area contributed by atoms with Gasteiger partial charge in [0, 0.05) is 0 Å². The summed E-state index contributed by atoms with van der Waals surface area (Å²) in [6, 6.07) is 2.05. The van der Waals surface area contributed by atoms with E-state index in [1.165, 1.54) is 11.3 Å². The summed E-state index contributed by atoms with van der Waals surface area (Å²) >= 11 is 6.13. The van der Waals surface area contributed by atoms with Crippen LogP contribution in [0.15, 0.2) is 8.94 Å². The lowest BCUT2D eigenvalue weighted by atomic mass is 10.6. The largest absolute Gasteiger partial charge is 0.221 e. The molecular formula is C5H3BrN2S2. The number of nitriles is 1. The average molecular weight is 235 g/mol. The summed E-state index contributed by atoms with van der Waals surface area (Å²) in [6.45, 7) is 0. The van der Waals surface area contributed by atoms with Crippen LogP contribution < -0.4 is 0 Å². The monoisotopic (exact) mass is 234 g/mol. The fraction of sp³-hybridized carbons (Fsp3) is 0.200. The van der Waals surface area contributed by atoms with Gasteiger partial charge in [-0.3, -0.25) is 0 Å². The summed E-state index contributed by atoms with van der Waals surface area (Å²) in [6.07, 6.45) is 1.94. The Hall–Kier alpha value is -0.0500. The second-order valence-corrected chi connectivity index (χ2v) is 4.22. The summed E-state index contributed by atoms with van der Waals surface area (Å²) < 4.78 is 1.58. The third kappa shape index (κ3) is 1.51. The number of nitrogens with zero attached hydrogens (tertiary/aromatic N) is 2. The van der Waals surface area contributed by atoms with Crippen molar-refractivity contribution < 1.29 is 0 Å². The van der Waals surface area contributed by atoms with Gasteiger partial charge in [0.05, 0.1) is 0 Å². The van der Waals surface area contributed by atoms with Crippen LogP contribution in [-0.2, 0) is 0 Å². The lowest BCUT2D eigenvalue weighted by molar-refractivity contribution is 1.21. The van der Waals surface area contributed by atoms with Crippen LogP contribution in [0.25, 0.3) is 0 Å². The van der Waals surface area contributed by atoms with Gasteiger partial charge in [0.15, 0.2) is 4.34 Å². The summed E-state index contributed by atoms with van der Waals surface area (Å²) in [5.74, 6) is 0. The van der Waals surface area contributed by atoms with Crippen LogP contribution in [0.5, 0.6) is 0 Å². The van der Waals surface area contributed by atoms with E-state index in [1.807, 2.05) is 12.3 Å². The topological polar surface area (TPSA) is 36.7 Å². The third-order valence-corrected chi connectivity index (χ3v) is 3.62. The molecule has 5 heteroatoms. The smallest absolute Gasteiger partial charge is 0.152 e. The van der Waals surface area contributed by atoms with Crippen molar-refractivity contribution in [2.24, 2.45) is 0 Å². The molecule has 0 amide bonds. The van der Waals surface area contributed by atoms with Crippen molar-refractivity contribution in [1.82, 2.24) is 4.98 Å². The zero-order valence-corrected chi connectivity index (χ0v) is 8.31. The molecule has 0 aliphatic rings. The van der Waals surface area contributed by atoms with Gasteiger partial charge in [-0.05, 0) is 22.2 Å². The van der Waals surface area contributed by atoms with E-state index in [9.17, 15) is 0 Å². The second-order valence-electron chi connectivity index (χ2n) is 1.42. The zero-order valence-electron chi connectivity index (χ0n) is 5.09. The first kappa shape index (κ1) is 8.05. The predicted octanol–water partition coefficient (Wildman–Crippen LogP) is 2.50. The van der Waals surface area contributed by atoms with Gasteiger partial charge in [-0.2, -0.15) is 5.26 Å². The number of hydrogen-bond donors (Lipinski definition) is 0. The Balaban J connectivity index is 3.07. The highest BCUT2D eigenvalue weighted by molar-refractivity contribution is 9.10. The third-order valence-electron chi connectivity index (χ3n) is 0.842. The fourth-order valence-electron chi connectivity index (χ4n) is 0.439. The molecule has 1 heterocycles. The molecular weight excluding hydrogens is 232 g/mol. The summed E-state index contributed by atoms with van der Waals surface area (Å²) in [5.41, 5.74) is 0. The Labute approximate surface area is 75.4 Å². The molecule has 0 unspecified atom stereocenters. The van der Waals surface area contributed by atoms with Gasteiger partial charge >= 0.3 is 0 Å². The Morgan fingerprint density at radius 3 is 2.80 bits per heavy atom. The standard InChI is InChI=1S/C5H3BrN2S2/c1-9-5-8-4(6)3(2-7)10-5/h1H3. The molecule has 0 radical (unpaired) electrons. The normalized spacial score (nSPS) is 9.30. The van der Waals surface area contributed by atoms with E-state index in [4.69, 9.17) is 5.26 Å². The first-order valence-corrected chi connectivity index (χ1v) is 5.21. The molecule has 0 bridgehead atoms. The van der Waals surface area contributed by atoms with Crippen LogP contribution in [-0.4, -0.2) is 11.2 Å². The molecule has 2 nitrogen and oxygen atoms in total. The number of hydrogen-bond acceptors (Lipinski definition) is 4. The van der Waals surface area contributed by atoms with Crippen molar-refractivity contribution in [3.63, 3.8) is 0 Å². The number of thiazole rings is 1. The minimum Gasteiger partial charge on any atom is -0.221 e. The van der Waals surface area contributed by atoms with Gasteiger partial charge in [-0.1, -0.05) is 23.1 Å². The second kappa shape index (κ2) is 3.37. The van der Waals surface area contributed by atoms with E-state index in [-0.39, 0.29) is 0 Å². The Morgan fingerprint density at radius 2 is 2.50 bits per heavy atom. The molecule has 0 spiro atoms.